The summed E-state index contributed by atoms with van der Waals surface area (Å²) in [5.74, 6) is 0.0337. The third kappa shape index (κ3) is 5.84. The Morgan fingerprint density at radius 2 is 1.74 bits per heavy atom. The van der Waals surface area contributed by atoms with Gasteiger partial charge in [0.05, 0.1) is 0 Å². The predicted octanol–water partition coefficient (Wildman–Crippen LogP) is 4.86. The molecule has 2 aromatic rings. The maximum absolute atomic E-state index is 12.2. The van der Waals surface area contributed by atoms with E-state index < -0.39 is 0 Å². The van der Waals surface area contributed by atoms with Crippen LogP contribution in [-0.2, 0) is 11.2 Å². The van der Waals surface area contributed by atoms with Gasteiger partial charge in [-0.3, -0.25) is 4.79 Å². The molecule has 0 saturated heterocycles. The van der Waals surface area contributed by atoms with Crippen LogP contribution in [0.1, 0.15) is 40.4 Å². The Morgan fingerprint density at radius 3 is 2.39 bits per heavy atom. The Kier molecular flexibility index (Phi) is 6.76. The van der Waals surface area contributed by atoms with Crippen LogP contribution >= 0.6 is 0 Å². The summed E-state index contributed by atoms with van der Waals surface area (Å²) in [4.78, 5) is 12.2. The highest BCUT2D eigenvalue weighted by atomic mass is 16.5. The van der Waals surface area contributed by atoms with Crippen molar-refractivity contribution >= 4 is 11.9 Å². The lowest BCUT2D eigenvalue weighted by molar-refractivity contribution is 0.104. The molecule has 120 valence electrons. The lowest BCUT2D eigenvalue weighted by Gasteiger charge is -2.03. The maximum atomic E-state index is 12.2. The summed E-state index contributed by atoms with van der Waals surface area (Å²) in [6, 6.07) is 16.0. The summed E-state index contributed by atoms with van der Waals surface area (Å²) < 4.78 is 5.34. The maximum Gasteiger partial charge on any atom is 0.185 e. The molecule has 2 aromatic carbocycles. The molecule has 0 aliphatic heterocycles. The average molecular weight is 308 g/mol. The van der Waals surface area contributed by atoms with Crippen LogP contribution in [0.4, 0.5) is 0 Å². The van der Waals surface area contributed by atoms with Crippen LogP contribution in [0.25, 0.3) is 6.08 Å². The number of carbonyl (C=O) groups is 1. The highest BCUT2D eigenvalue weighted by Gasteiger charge is 2.02. The molecule has 0 aliphatic rings. The van der Waals surface area contributed by atoms with E-state index in [0.29, 0.717) is 0 Å². The number of rotatable bonds is 8. The predicted molar refractivity (Wildman–Crippen MR) is 95.8 cm³/mol. The van der Waals surface area contributed by atoms with Crippen molar-refractivity contribution in [2.24, 2.45) is 0 Å². The van der Waals surface area contributed by atoms with E-state index in [1.54, 1.807) is 6.08 Å². The van der Waals surface area contributed by atoms with E-state index in [0.717, 1.165) is 37.2 Å². The number of carbonyl (C=O) groups excluding carboxylic acids is 1. The zero-order valence-electron chi connectivity index (χ0n) is 13.9. The zero-order valence-corrected chi connectivity index (χ0v) is 13.9. The van der Waals surface area contributed by atoms with Crippen molar-refractivity contribution in [2.75, 3.05) is 13.2 Å². The van der Waals surface area contributed by atoms with Gasteiger partial charge < -0.3 is 4.74 Å². The van der Waals surface area contributed by atoms with Crippen LogP contribution in [-0.4, -0.2) is 19.0 Å². The minimum absolute atomic E-state index is 0.0337. The molecule has 0 radical (unpaired) electrons. The minimum Gasteiger partial charge on any atom is -0.382 e. The fourth-order valence-corrected chi connectivity index (χ4v) is 2.30. The molecule has 0 unspecified atom stereocenters. The first-order chi connectivity index (χ1) is 11.2. The summed E-state index contributed by atoms with van der Waals surface area (Å²) in [5, 5.41) is 0. The fraction of sp³-hybridized carbons (Fsp3) is 0.286. The second kappa shape index (κ2) is 9.06. The van der Waals surface area contributed by atoms with Crippen molar-refractivity contribution in [1.29, 1.82) is 0 Å². The Hall–Kier alpha value is -2.19. The number of benzene rings is 2. The SMILES string of the molecule is CCOCCCc1ccc(C(=O)/C=C/c2ccc(C)cc2)cc1. The van der Waals surface area contributed by atoms with Crippen molar-refractivity contribution in [1.82, 2.24) is 0 Å². The average Bonchev–Trinajstić information content (AvgIpc) is 2.58. The van der Waals surface area contributed by atoms with Crippen LogP contribution in [0.2, 0.25) is 0 Å². The minimum atomic E-state index is 0.0337. The van der Waals surface area contributed by atoms with Crippen LogP contribution < -0.4 is 0 Å². The fourth-order valence-electron chi connectivity index (χ4n) is 2.30. The molecule has 0 bridgehead atoms. The van der Waals surface area contributed by atoms with Crippen LogP contribution in [0.5, 0.6) is 0 Å². The highest BCUT2D eigenvalue weighted by Crippen LogP contribution is 2.10. The van der Waals surface area contributed by atoms with Crippen molar-refractivity contribution in [3.05, 3.63) is 76.9 Å². The van der Waals surface area contributed by atoms with Gasteiger partial charge in [-0.15, -0.1) is 0 Å². The van der Waals surface area contributed by atoms with E-state index in [1.807, 2.05) is 61.5 Å². The Morgan fingerprint density at radius 1 is 1.04 bits per heavy atom. The van der Waals surface area contributed by atoms with Gasteiger partial charge in [-0.25, -0.2) is 0 Å². The van der Waals surface area contributed by atoms with Gasteiger partial charge >= 0.3 is 0 Å². The number of hydrogen-bond acceptors (Lipinski definition) is 2. The van der Waals surface area contributed by atoms with Crippen molar-refractivity contribution in [3.63, 3.8) is 0 Å². The van der Waals surface area contributed by atoms with Crippen LogP contribution in [0.3, 0.4) is 0 Å². The monoisotopic (exact) mass is 308 g/mol. The molecule has 0 amide bonds. The summed E-state index contributed by atoms with van der Waals surface area (Å²) >= 11 is 0. The van der Waals surface area contributed by atoms with Gasteiger partial charge in [0.25, 0.3) is 0 Å². The highest BCUT2D eigenvalue weighted by molar-refractivity contribution is 6.06. The van der Waals surface area contributed by atoms with Gasteiger partial charge in [0.15, 0.2) is 5.78 Å². The quantitative estimate of drug-likeness (QED) is 0.395. The van der Waals surface area contributed by atoms with E-state index in [9.17, 15) is 4.79 Å². The molecular formula is C21H24O2. The summed E-state index contributed by atoms with van der Waals surface area (Å²) in [5.41, 5.74) is 4.22. The number of hydrogen-bond donors (Lipinski definition) is 0. The van der Waals surface area contributed by atoms with Crippen LogP contribution in [0, 0.1) is 6.92 Å². The van der Waals surface area contributed by atoms with E-state index in [-0.39, 0.29) is 5.78 Å². The Labute approximate surface area is 138 Å². The first kappa shape index (κ1) is 17.2. The van der Waals surface area contributed by atoms with E-state index in [4.69, 9.17) is 4.74 Å². The molecule has 0 aromatic heterocycles. The van der Waals surface area contributed by atoms with Gasteiger partial charge in [0.2, 0.25) is 0 Å². The molecule has 23 heavy (non-hydrogen) atoms. The molecule has 2 rings (SSSR count). The molecule has 0 atom stereocenters. The summed E-state index contributed by atoms with van der Waals surface area (Å²) in [7, 11) is 0. The molecule has 0 heterocycles. The van der Waals surface area contributed by atoms with Crippen LogP contribution in [0.15, 0.2) is 54.6 Å². The number of allylic oxidation sites excluding steroid dienone is 1. The topological polar surface area (TPSA) is 26.3 Å². The molecular weight excluding hydrogens is 284 g/mol. The van der Waals surface area contributed by atoms with Gasteiger partial charge in [0, 0.05) is 18.8 Å². The third-order valence-electron chi connectivity index (χ3n) is 3.70. The molecule has 0 fully saturated rings. The number of ketones is 1. The first-order valence-corrected chi connectivity index (χ1v) is 8.15. The van der Waals surface area contributed by atoms with E-state index in [2.05, 4.69) is 6.92 Å². The third-order valence-corrected chi connectivity index (χ3v) is 3.70. The largest absolute Gasteiger partial charge is 0.382 e. The van der Waals surface area contributed by atoms with E-state index >= 15 is 0 Å². The van der Waals surface area contributed by atoms with E-state index in [1.165, 1.54) is 11.1 Å². The summed E-state index contributed by atoms with van der Waals surface area (Å²) in [6.07, 6.45) is 5.48. The summed E-state index contributed by atoms with van der Waals surface area (Å²) in [6.45, 7) is 5.61. The van der Waals surface area contributed by atoms with Crippen molar-refractivity contribution < 1.29 is 9.53 Å². The molecule has 0 N–H and O–H groups in total. The van der Waals surface area contributed by atoms with Crippen molar-refractivity contribution in [3.8, 4) is 0 Å². The number of aryl methyl sites for hydroxylation is 2. The van der Waals surface area contributed by atoms with Gasteiger partial charge in [0.1, 0.15) is 0 Å². The Balaban J connectivity index is 1.90. The molecule has 0 saturated carbocycles. The standard InChI is InChI=1S/C21H24O2/c1-3-23-16-4-5-18-10-13-20(14-11-18)21(22)15-12-19-8-6-17(2)7-9-19/h6-15H,3-5,16H2,1-2H3/b15-12+. The second-order valence-corrected chi connectivity index (χ2v) is 5.61. The lowest BCUT2D eigenvalue weighted by Crippen LogP contribution is -1.97. The first-order valence-electron chi connectivity index (χ1n) is 8.15. The molecule has 0 spiro atoms. The smallest absolute Gasteiger partial charge is 0.185 e. The van der Waals surface area contributed by atoms with Crippen molar-refractivity contribution in [2.45, 2.75) is 26.7 Å². The zero-order chi connectivity index (χ0) is 16.5. The normalized spacial score (nSPS) is 11.0. The molecule has 0 aliphatic carbocycles. The van der Waals surface area contributed by atoms with Gasteiger partial charge in [-0.05, 0) is 43.9 Å². The van der Waals surface area contributed by atoms with Gasteiger partial charge in [-0.1, -0.05) is 60.2 Å². The molecule has 2 heteroatoms. The lowest BCUT2D eigenvalue weighted by atomic mass is 10.0. The second-order valence-electron chi connectivity index (χ2n) is 5.61. The molecule has 2 nitrogen and oxygen atoms in total. The Bertz CT molecular complexity index is 637. The van der Waals surface area contributed by atoms with Gasteiger partial charge in [-0.2, -0.15) is 0 Å². The number of ether oxygens (including phenoxy) is 1.